The van der Waals surface area contributed by atoms with Gasteiger partial charge in [-0.05, 0) is 29.0 Å². The molecule has 0 N–H and O–H groups in total. The molecule has 2 heteroatoms. The van der Waals surface area contributed by atoms with Crippen LogP contribution in [0.5, 0.6) is 0 Å². The van der Waals surface area contributed by atoms with Crippen molar-refractivity contribution < 1.29 is 0 Å². The van der Waals surface area contributed by atoms with Crippen molar-refractivity contribution in [1.82, 2.24) is 0 Å². The van der Waals surface area contributed by atoms with Crippen LogP contribution in [0.1, 0.15) is 27.2 Å². The van der Waals surface area contributed by atoms with Crippen LogP contribution in [-0.4, -0.2) is 23.3 Å². The lowest BCUT2D eigenvalue weighted by atomic mass is 9.94. The Morgan fingerprint density at radius 1 is 1.27 bits per heavy atom. The van der Waals surface area contributed by atoms with Crippen LogP contribution in [0, 0.1) is 5.41 Å². The van der Waals surface area contributed by atoms with E-state index in [2.05, 4.69) is 33.3 Å². The van der Waals surface area contributed by atoms with Crippen LogP contribution in [0.3, 0.4) is 0 Å². The van der Waals surface area contributed by atoms with Crippen LogP contribution in [-0.2, 0) is 10.9 Å². The lowest BCUT2D eigenvalue weighted by Gasteiger charge is -2.16. The lowest BCUT2D eigenvalue weighted by Crippen LogP contribution is -2.15. The Bertz CT molecular complexity index is 94.2. The van der Waals surface area contributed by atoms with Gasteiger partial charge < -0.3 is 0 Å². The van der Waals surface area contributed by atoms with Crippen molar-refractivity contribution in [3.8, 4) is 0 Å². The van der Waals surface area contributed by atoms with Crippen LogP contribution in [0.4, 0.5) is 0 Å². The van der Waals surface area contributed by atoms with Crippen molar-refractivity contribution >= 4 is 22.7 Å². The molecule has 0 amide bonds. The van der Waals surface area contributed by atoms with E-state index in [1.54, 1.807) is 0 Å². The van der Waals surface area contributed by atoms with Gasteiger partial charge in [0.05, 0.1) is 6.26 Å². The van der Waals surface area contributed by atoms with Gasteiger partial charge in [-0.15, -0.1) is 11.8 Å². The summed E-state index contributed by atoms with van der Waals surface area (Å²) in [7, 11) is 0.646. The van der Waals surface area contributed by atoms with Gasteiger partial charge in [0, 0.05) is 0 Å². The van der Waals surface area contributed by atoms with Crippen LogP contribution in [0.15, 0.2) is 0 Å². The van der Waals surface area contributed by atoms with Crippen molar-refractivity contribution in [2.45, 2.75) is 27.2 Å². The maximum atomic E-state index is 2.38. The molecule has 0 aromatic rings. The summed E-state index contributed by atoms with van der Waals surface area (Å²) >= 11 is 1.97. The van der Waals surface area contributed by atoms with E-state index < -0.39 is 0 Å². The summed E-state index contributed by atoms with van der Waals surface area (Å²) < 4.78 is 0. The molecule has 68 valence electrons. The molecule has 0 heterocycles. The van der Waals surface area contributed by atoms with Gasteiger partial charge in [0.2, 0.25) is 0 Å². The number of rotatable bonds is 4. The van der Waals surface area contributed by atoms with Crippen LogP contribution < -0.4 is 0 Å². The second-order valence-corrected chi connectivity index (χ2v) is 7.69. The first-order chi connectivity index (χ1) is 4.95. The molecule has 0 aliphatic heterocycles. The maximum Gasteiger partial charge on any atom is 0.153 e. The molecule has 0 aliphatic carbocycles. The molecular formula is C9H21S2+. The average molecular weight is 193 g/mol. The molecule has 0 aromatic heterocycles. The highest BCUT2D eigenvalue weighted by Crippen LogP contribution is 2.20. The third-order valence-corrected chi connectivity index (χ3v) is 4.97. The molecule has 0 aromatic carbocycles. The predicted octanol–water partition coefficient (Wildman–Crippen LogP) is 2.99. The molecule has 0 rings (SSSR count). The maximum absolute atomic E-state index is 2.38. The number of hydrogen-bond acceptors (Lipinski definition) is 1. The Morgan fingerprint density at radius 2 is 1.82 bits per heavy atom. The quantitative estimate of drug-likeness (QED) is 0.619. The first kappa shape index (κ1) is 11.7. The van der Waals surface area contributed by atoms with Gasteiger partial charge in [0.1, 0.15) is 5.75 Å². The highest BCUT2D eigenvalue weighted by molar-refractivity contribution is 8.13. The van der Waals surface area contributed by atoms with E-state index in [-0.39, 0.29) is 0 Å². The van der Waals surface area contributed by atoms with Crippen molar-refractivity contribution in [1.29, 1.82) is 0 Å². The lowest BCUT2D eigenvalue weighted by molar-refractivity contribution is 0.401. The van der Waals surface area contributed by atoms with E-state index in [4.69, 9.17) is 0 Å². The summed E-state index contributed by atoms with van der Waals surface area (Å²) in [6.07, 6.45) is 5.94. The van der Waals surface area contributed by atoms with Gasteiger partial charge >= 0.3 is 0 Å². The van der Waals surface area contributed by atoms with E-state index >= 15 is 0 Å². The molecule has 1 atom stereocenters. The average Bonchev–Trinajstić information content (AvgIpc) is 1.83. The molecule has 0 saturated carbocycles. The van der Waals surface area contributed by atoms with Crippen molar-refractivity contribution in [3.63, 3.8) is 0 Å². The van der Waals surface area contributed by atoms with Gasteiger partial charge in [-0.2, -0.15) is 0 Å². The molecule has 0 fully saturated rings. The summed E-state index contributed by atoms with van der Waals surface area (Å²) in [5.74, 6) is 1.41. The Hall–Kier alpha value is 0.700. The Balaban J connectivity index is 3.38. The van der Waals surface area contributed by atoms with Crippen molar-refractivity contribution in [3.05, 3.63) is 0 Å². The third-order valence-electron chi connectivity index (χ3n) is 1.52. The minimum absolute atomic E-state index is 0.527. The zero-order chi connectivity index (χ0) is 8.91. The van der Waals surface area contributed by atoms with Crippen LogP contribution in [0.25, 0.3) is 0 Å². The van der Waals surface area contributed by atoms with Crippen molar-refractivity contribution in [2.75, 3.05) is 23.3 Å². The molecule has 0 nitrogen and oxygen atoms in total. The van der Waals surface area contributed by atoms with E-state index in [1.807, 2.05) is 11.8 Å². The Morgan fingerprint density at radius 3 is 2.18 bits per heavy atom. The van der Waals surface area contributed by atoms with Crippen molar-refractivity contribution in [2.24, 2.45) is 5.41 Å². The molecule has 0 saturated heterocycles. The molecule has 0 aliphatic rings. The highest BCUT2D eigenvalue weighted by Gasteiger charge is 2.16. The second-order valence-electron chi connectivity index (χ2n) is 4.20. The third kappa shape index (κ3) is 8.61. The summed E-state index contributed by atoms with van der Waals surface area (Å²) in [6, 6.07) is 0. The fraction of sp³-hybridized carbons (Fsp3) is 1.00. The fourth-order valence-electron chi connectivity index (χ4n) is 0.741. The summed E-state index contributed by atoms with van der Waals surface area (Å²) in [5.41, 5.74) is 0.527. The summed E-state index contributed by atoms with van der Waals surface area (Å²) in [4.78, 5) is 0. The molecule has 0 spiro atoms. The molecule has 0 radical (unpaired) electrons. The van der Waals surface area contributed by atoms with Crippen LogP contribution in [0.2, 0.25) is 0 Å². The minimum Gasteiger partial charge on any atom is -0.112 e. The van der Waals surface area contributed by atoms with E-state index in [0.29, 0.717) is 16.3 Å². The Kier molecular flexibility index (Phi) is 5.71. The van der Waals surface area contributed by atoms with Gasteiger partial charge in [0.15, 0.2) is 5.08 Å². The largest absolute Gasteiger partial charge is 0.153 e. The topological polar surface area (TPSA) is 0 Å². The molecule has 11 heavy (non-hydrogen) atoms. The molecule has 1 unspecified atom stereocenters. The summed E-state index contributed by atoms with van der Waals surface area (Å²) in [6.45, 7) is 6.97. The second kappa shape index (κ2) is 5.36. The van der Waals surface area contributed by atoms with E-state index in [0.717, 1.165) is 0 Å². The highest BCUT2D eigenvalue weighted by atomic mass is 32.2. The predicted molar refractivity (Wildman–Crippen MR) is 60.6 cm³/mol. The minimum atomic E-state index is 0.527. The van der Waals surface area contributed by atoms with Gasteiger partial charge in [-0.3, -0.25) is 0 Å². The van der Waals surface area contributed by atoms with Gasteiger partial charge in [-0.1, -0.05) is 20.8 Å². The van der Waals surface area contributed by atoms with Gasteiger partial charge in [-0.25, -0.2) is 0 Å². The molecular weight excluding hydrogens is 172 g/mol. The normalized spacial score (nSPS) is 15.0. The molecule has 0 bridgehead atoms. The Labute approximate surface area is 78.9 Å². The number of thioether (sulfide) groups is 1. The van der Waals surface area contributed by atoms with E-state index in [1.165, 1.54) is 17.3 Å². The first-order valence-corrected chi connectivity index (χ1v) is 7.40. The fourth-order valence-corrected chi connectivity index (χ4v) is 3.78. The monoisotopic (exact) mass is 193 g/mol. The SMILES string of the molecule is CSC[S+](C)CCC(C)(C)C. The van der Waals surface area contributed by atoms with Gasteiger partial charge in [0.25, 0.3) is 0 Å². The first-order valence-electron chi connectivity index (χ1n) is 4.04. The standard InChI is InChI=1S/C9H21S2/c1-9(2,3)6-7-11(5)8-10-4/h6-8H2,1-5H3/q+1. The van der Waals surface area contributed by atoms with E-state index in [9.17, 15) is 0 Å². The summed E-state index contributed by atoms with van der Waals surface area (Å²) in [5, 5.41) is 1.34. The smallest absolute Gasteiger partial charge is 0.112 e. The zero-order valence-corrected chi connectivity index (χ0v) is 10.1. The number of hydrogen-bond donors (Lipinski definition) is 0. The van der Waals surface area contributed by atoms with Crippen LogP contribution >= 0.6 is 11.8 Å². The zero-order valence-electron chi connectivity index (χ0n) is 8.44.